The molecule has 0 radical (unpaired) electrons. The van der Waals surface area contributed by atoms with Crippen LogP contribution < -0.4 is 0 Å². The number of aliphatic hydroxyl groups excluding tert-OH is 1. The molecule has 78 valence electrons. The van der Waals surface area contributed by atoms with E-state index in [1.165, 1.54) is 0 Å². The minimum Gasteiger partial charge on any atom is -0.374 e. The van der Waals surface area contributed by atoms with Gasteiger partial charge in [0, 0.05) is 21.1 Å². The molecule has 0 saturated carbocycles. The SMILES string of the molecule is CN1CCC[C@H]1C(O)S(=O)(=O)O.[W]. The van der Waals surface area contributed by atoms with Crippen molar-refractivity contribution in [3.05, 3.63) is 0 Å². The van der Waals surface area contributed by atoms with Gasteiger partial charge in [0.2, 0.25) is 0 Å². The summed E-state index contributed by atoms with van der Waals surface area (Å²) in [5.74, 6) is 0. The van der Waals surface area contributed by atoms with Gasteiger partial charge in [-0.25, -0.2) is 0 Å². The fourth-order valence-corrected chi connectivity index (χ4v) is 2.24. The monoisotopic (exact) mass is 379 g/mol. The third kappa shape index (κ3) is 3.29. The van der Waals surface area contributed by atoms with Crippen LogP contribution in [-0.4, -0.2) is 48.0 Å². The number of likely N-dealkylation sites (N-methyl/N-ethyl adjacent to an activating group) is 1. The van der Waals surface area contributed by atoms with Crippen LogP contribution in [0.25, 0.3) is 0 Å². The second kappa shape index (κ2) is 4.84. The molecule has 0 aliphatic carbocycles. The minimum atomic E-state index is -4.31. The zero-order chi connectivity index (χ0) is 9.35. The second-order valence-corrected chi connectivity index (χ2v) is 4.61. The van der Waals surface area contributed by atoms with Crippen molar-refractivity contribution >= 4 is 10.1 Å². The van der Waals surface area contributed by atoms with E-state index in [1.54, 1.807) is 11.9 Å². The van der Waals surface area contributed by atoms with Gasteiger partial charge in [-0.05, 0) is 26.4 Å². The van der Waals surface area contributed by atoms with Crippen LogP contribution in [0.4, 0.5) is 0 Å². The van der Waals surface area contributed by atoms with Crippen LogP contribution in [0.2, 0.25) is 0 Å². The van der Waals surface area contributed by atoms with E-state index < -0.39 is 21.6 Å². The Kier molecular flexibility index (Phi) is 5.04. The van der Waals surface area contributed by atoms with Gasteiger partial charge < -0.3 is 5.11 Å². The molecular weight excluding hydrogens is 366 g/mol. The molecule has 1 fully saturated rings. The third-order valence-electron chi connectivity index (χ3n) is 2.21. The van der Waals surface area contributed by atoms with E-state index in [1.807, 2.05) is 0 Å². The molecule has 0 aromatic carbocycles. The van der Waals surface area contributed by atoms with Gasteiger partial charge in [-0.2, -0.15) is 8.42 Å². The Morgan fingerprint density at radius 2 is 2.08 bits per heavy atom. The molecule has 1 aliphatic heterocycles. The normalized spacial score (nSPS) is 26.8. The third-order valence-corrected chi connectivity index (χ3v) is 3.14. The van der Waals surface area contributed by atoms with E-state index in [4.69, 9.17) is 4.55 Å². The zero-order valence-electron chi connectivity index (χ0n) is 7.25. The molecule has 1 unspecified atom stereocenters. The van der Waals surface area contributed by atoms with E-state index in [2.05, 4.69) is 0 Å². The summed E-state index contributed by atoms with van der Waals surface area (Å²) in [5, 5.41) is 9.18. The van der Waals surface area contributed by atoms with Gasteiger partial charge in [-0.1, -0.05) is 0 Å². The Balaban J connectivity index is 0.00000144. The van der Waals surface area contributed by atoms with Gasteiger partial charge in [0.25, 0.3) is 10.1 Å². The van der Waals surface area contributed by atoms with Crippen LogP contribution in [-0.2, 0) is 31.2 Å². The number of aliphatic hydroxyl groups is 1. The molecule has 0 amide bonds. The van der Waals surface area contributed by atoms with E-state index in [-0.39, 0.29) is 21.1 Å². The fourth-order valence-electron chi connectivity index (χ4n) is 1.49. The number of hydrogen-bond acceptors (Lipinski definition) is 4. The molecule has 1 saturated heterocycles. The van der Waals surface area contributed by atoms with Gasteiger partial charge in [-0.15, -0.1) is 0 Å². The maximum Gasteiger partial charge on any atom is 0.293 e. The topological polar surface area (TPSA) is 77.8 Å². The molecule has 2 N–H and O–H groups in total. The standard InChI is InChI=1S/C6H13NO4S.W/c1-7-4-2-3-5(7)6(8)12(9,10)11;/h5-6,8H,2-4H2,1H3,(H,9,10,11);/t5-,6?;/m0./s1. The van der Waals surface area contributed by atoms with Crippen molar-refractivity contribution in [2.45, 2.75) is 24.3 Å². The summed E-state index contributed by atoms with van der Waals surface area (Å²) in [7, 11) is -2.58. The average Bonchev–Trinajstić information content (AvgIpc) is 2.31. The number of rotatable bonds is 2. The minimum absolute atomic E-state index is 0. The summed E-state index contributed by atoms with van der Waals surface area (Å²) in [6, 6.07) is -0.458. The summed E-state index contributed by atoms with van der Waals surface area (Å²) >= 11 is 0. The molecule has 5 nitrogen and oxygen atoms in total. The maximum absolute atomic E-state index is 10.5. The second-order valence-electron chi connectivity index (χ2n) is 3.10. The Bertz CT molecular complexity index is 255. The van der Waals surface area contributed by atoms with Crippen molar-refractivity contribution in [2.75, 3.05) is 13.6 Å². The van der Waals surface area contributed by atoms with Gasteiger partial charge in [0.15, 0.2) is 5.44 Å². The van der Waals surface area contributed by atoms with Gasteiger partial charge in [0.05, 0.1) is 6.04 Å². The van der Waals surface area contributed by atoms with Crippen LogP contribution in [0, 0.1) is 0 Å². The fraction of sp³-hybridized carbons (Fsp3) is 1.00. The van der Waals surface area contributed by atoms with Crippen molar-refractivity contribution in [3.63, 3.8) is 0 Å². The van der Waals surface area contributed by atoms with E-state index in [0.29, 0.717) is 6.42 Å². The number of hydrogen-bond donors (Lipinski definition) is 2. The molecule has 13 heavy (non-hydrogen) atoms. The predicted molar refractivity (Wildman–Crippen MR) is 43.2 cm³/mol. The van der Waals surface area contributed by atoms with Crippen LogP contribution in [0.1, 0.15) is 12.8 Å². The first-order valence-corrected chi connectivity index (χ1v) is 5.28. The molecule has 1 aliphatic rings. The van der Waals surface area contributed by atoms with Crippen molar-refractivity contribution in [1.29, 1.82) is 0 Å². The summed E-state index contributed by atoms with van der Waals surface area (Å²) in [4.78, 5) is 1.73. The maximum atomic E-state index is 10.5. The Hall–Kier alpha value is 0.518. The Morgan fingerprint density at radius 1 is 1.54 bits per heavy atom. The van der Waals surface area contributed by atoms with Crippen LogP contribution >= 0.6 is 0 Å². The van der Waals surface area contributed by atoms with Crippen LogP contribution in [0.15, 0.2) is 0 Å². The van der Waals surface area contributed by atoms with Gasteiger partial charge in [0.1, 0.15) is 0 Å². The first kappa shape index (κ1) is 13.5. The molecule has 0 spiro atoms. The van der Waals surface area contributed by atoms with Crippen molar-refractivity contribution in [3.8, 4) is 0 Å². The quantitative estimate of drug-likeness (QED) is 0.620. The molecule has 0 bridgehead atoms. The summed E-state index contributed by atoms with van der Waals surface area (Å²) in [6.07, 6.45) is 1.46. The first-order chi connectivity index (χ1) is 5.43. The van der Waals surface area contributed by atoms with E-state index >= 15 is 0 Å². The number of likely N-dealkylation sites (tertiary alicyclic amines) is 1. The number of nitrogens with zero attached hydrogens (tertiary/aromatic N) is 1. The average molecular weight is 379 g/mol. The molecule has 1 rings (SSSR count). The predicted octanol–water partition coefficient (Wildman–Crippen LogP) is -0.716. The Labute approximate surface area is 92.1 Å². The summed E-state index contributed by atoms with van der Waals surface area (Å²) in [5.41, 5.74) is -1.66. The molecule has 2 atom stereocenters. The largest absolute Gasteiger partial charge is 0.374 e. The summed E-state index contributed by atoms with van der Waals surface area (Å²) < 4.78 is 29.6. The molecular formula is C6H13NO4SW. The van der Waals surface area contributed by atoms with Crippen molar-refractivity contribution in [2.24, 2.45) is 0 Å². The summed E-state index contributed by atoms with van der Waals surface area (Å²) in [6.45, 7) is 0.761. The van der Waals surface area contributed by atoms with Crippen molar-refractivity contribution in [1.82, 2.24) is 4.90 Å². The smallest absolute Gasteiger partial charge is 0.293 e. The molecule has 0 aromatic heterocycles. The van der Waals surface area contributed by atoms with E-state index in [9.17, 15) is 13.5 Å². The van der Waals surface area contributed by atoms with Crippen molar-refractivity contribution < 1.29 is 39.1 Å². The molecule has 0 aromatic rings. The molecule has 7 heteroatoms. The Morgan fingerprint density at radius 3 is 2.38 bits per heavy atom. The zero-order valence-corrected chi connectivity index (χ0v) is 11.0. The molecule has 1 heterocycles. The van der Waals surface area contributed by atoms with Crippen LogP contribution in [0.5, 0.6) is 0 Å². The van der Waals surface area contributed by atoms with Gasteiger partial charge in [-0.3, -0.25) is 9.45 Å². The van der Waals surface area contributed by atoms with Crippen LogP contribution in [0.3, 0.4) is 0 Å². The first-order valence-electron chi connectivity index (χ1n) is 3.77. The van der Waals surface area contributed by atoms with Gasteiger partial charge >= 0.3 is 0 Å². The van der Waals surface area contributed by atoms with E-state index in [0.717, 1.165) is 13.0 Å².